The molecular weight excluding hydrogens is 241 g/mol. The van der Waals surface area contributed by atoms with Gasteiger partial charge in [-0.15, -0.1) is 0 Å². The molecule has 0 atom stereocenters. The average Bonchev–Trinajstić information content (AvgIpc) is 2.27. The first-order valence-electron chi connectivity index (χ1n) is 5.11. The lowest BCUT2D eigenvalue weighted by atomic mass is 10.2. The lowest BCUT2D eigenvalue weighted by Gasteiger charge is -2.07. The smallest absolute Gasteiger partial charge is 0.126 e. The Hall–Kier alpha value is -1.74. The second-order valence-corrected chi connectivity index (χ2v) is 4.11. The van der Waals surface area contributed by atoms with Gasteiger partial charge in [-0.1, -0.05) is 23.7 Å². The Morgan fingerprint density at radius 1 is 1.12 bits per heavy atom. The molecule has 2 nitrogen and oxygen atoms in total. The van der Waals surface area contributed by atoms with Crippen LogP contribution >= 0.6 is 11.6 Å². The summed E-state index contributed by atoms with van der Waals surface area (Å²) in [5.41, 5.74) is 1.62. The van der Waals surface area contributed by atoms with Crippen molar-refractivity contribution in [3.8, 4) is 5.75 Å². The number of hydrogen-bond donors (Lipinski definition) is 2. The lowest BCUT2D eigenvalue weighted by molar-refractivity contribution is 0.475. The van der Waals surface area contributed by atoms with Crippen molar-refractivity contribution >= 4 is 17.3 Å². The molecule has 0 aliphatic heterocycles. The van der Waals surface area contributed by atoms with Gasteiger partial charge in [-0.2, -0.15) is 0 Å². The van der Waals surface area contributed by atoms with Crippen LogP contribution in [0.2, 0.25) is 5.02 Å². The highest BCUT2D eigenvalue weighted by Gasteiger charge is 1.99. The van der Waals surface area contributed by atoms with Crippen LogP contribution in [0.15, 0.2) is 42.5 Å². The van der Waals surface area contributed by atoms with Crippen LogP contribution in [-0.2, 0) is 6.54 Å². The maximum absolute atomic E-state index is 13.0. The van der Waals surface area contributed by atoms with Crippen molar-refractivity contribution in [3.05, 3.63) is 58.9 Å². The molecule has 0 bridgehead atoms. The van der Waals surface area contributed by atoms with Crippen LogP contribution in [0.1, 0.15) is 5.56 Å². The Bertz CT molecular complexity index is 493. The van der Waals surface area contributed by atoms with Gasteiger partial charge in [-0.25, -0.2) is 4.39 Å². The second kappa shape index (κ2) is 5.06. The molecule has 0 heterocycles. The van der Waals surface area contributed by atoms with E-state index < -0.39 is 0 Å². The highest BCUT2D eigenvalue weighted by atomic mass is 35.5. The number of rotatable bonds is 3. The fourth-order valence-corrected chi connectivity index (χ4v) is 1.70. The predicted octanol–water partition coefficient (Wildman–Crippen LogP) is 3.80. The third-order valence-electron chi connectivity index (χ3n) is 2.30. The predicted molar refractivity (Wildman–Crippen MR) is 66.8 cm³/mol. The number of phenols is 1. The zero-order valence-electron chi connectivity index (χ0n) is 8.95. The van der Waals surface area contributed by atoms with Gasteiger partial charge in [0, 0.05) is 17.3 Å². The number of benzene rings is 2. The van der Waals surface area contributed by atoms with E-state index in [1.54, 1.807) is 30.3 Å². The summed E-state index contributed by atoms with van der Waals surface area (Å²) in [7, 11) is 0. The molecule has 0 aliphatic carbocycles. The molecule has 0 unspecified atom stereocenters. The highest BCUT2D eigenvalue weighted by molar-refractivity contribution is 6.30. The van der Waals surface area contributed by atoms with Crippen LogP contribution in [0, 0.1) is 5.82 Å². The molecule has 2 aromatic carbocycles. The van der Waals surface area contributed by atoms with Crippen molar-refractivity contribution in [2.45, 2.75) is 6.54 Å². The van der Waals surface area contributed by atoms with E-state index in [-0.39, 0.29) is 11.6 Å². The molecule has 0 aromatic heterocycles. The first-order valence-corrected chi connectivity index (χ1v) is 5.49. The molecule has 0 fully saturated rings. The SMILES string of the molecule is Oc1ccc(CNc2cc(F)cc(Cl)c2)cc1. The number of halogens is 2. The highest BCUT2D eigenvalue weighted by Crippen LogP contribution is 2.19. The standard InChI is InChI=1S/C13H11ClFNO/c14-10-5-11(15)7-12(6-10)16-8-9-1-3-13(17)4-2-9/h1-7,16-17H,8H2. The van der Waals surface area contributed by atoms with Gasteiger partial charge in [0.15, 0.2) is 0 Å². The topological polar surface area (TPSA) is 32.3 Å². The molecule has 17 heavy (non-hydrogen) atoms. The summed E-state index contributed by atoms with van der Waals surface area (Å²) in [5.74, 6) is -0.145. The van der Waals surface area contributed by atoms with Crippen molar-refractivity contribution < 1.29 is 9.50 Å². The van der Waals surface area contributed by atoms with E-state index in [1.807, 2.05) is 0 Å². The molecule has 2 N–H and O–H groups in total. The molecule has 2 rings (SSSR count). The van der Waals surface area contributed by atoms with Gasteiger partial charge in [0.2, 0.25) is 0 Å². The van der Waals surface area contributed by atoms with E-state index in [0.29, 0.717) is 17.3 Å². The van der Waals surface area contributed by atoms with Crippen molar-refractivity contribution in [1.29, 1.82) is 0 Å². The Morgan fingerprint density at radius 3 is 2.47 bits per heavy atom. The Kier molecular flexibility index (Phi) is 3.49. The zero-order chi connectivity index (χ0) is 12.3. The Balaban J connectivity index is 2.04. The van der Waals surface area contributed by atoms with Crippen LogP contribution in [0.25, 0.3) is 0 Å². The molecule has 0 aliphatic rings. The Labute approximate surface area is 104 Å². The number of anilines is 1. The van der Waals surface area contributed by atoms with Crippen LogP contribution in [0.3, 0.4) is 0 Å². The van der Waals surface area contributed by atoms with Crippen LogP contribution in [0.4, 0.5) is 10.1 Å². The normalized spacial score (nSPS) is 10.2. The third-order valence-corrected chi connectivity index (χ3v) is 2.51. The van der Waals surface area contributed by atoms with Crippen molar-refractivity contribution in [2.24, 2.45) is 0 Å². The quantitative estimate of drug-likeness (QED) is 0.870. The number of nitrogens with one attached hydrogen (secondary N) is 1. The van der Waals surface area contributed by atoms with Gasteiger partial charge >= 0.3 is 0 Å². The maximum Gasteiger partial charge on any atom is 0.126 e. The molecule has 0 saturated carbocycles. The van der Waals surface area contributed by atoms with Gasteiger partial charge in [0.1, 0.15) is 11.6 Å². The van der Waals surface area contributed by atoms with Crippen LogP contribution in [0.5, 0.6) is 5.75 Å². The van der Waals surface area contributed by atoms with E-state index >= 15 is 0 Å². The summed E-state index contributed by atoms with van der Waals surface area (Å²) in [6.07, 6.45) is 0. The number of aromatic hydroxyl groups is 1. The molecule has 4 heteroatoms. The molecule has 0 radical (unpaired) electrons. The number of phenolic OH excluding ortho intramolecular Hbond substituents is 1. The zero-order valence-corrected chi connectivity index (χ0v) is 9.71. The molecule has 0 amide bonds. The Morgan fingerprint density at radius 2 is 1.82 bits per heavy atom. The lowest BCUT2D eigenvalue weighted by Crippen LogP contribution is -1.99. The van der Waals surface area contributed by atoms with Gasteiger partial charge in [-0.3, -0.25) is 0 Å². The molecule has 2 aromatic rings. The first-order chi connectivity index (χ1) is 8.13. The van der Waals surface area contributed by atoms with Gasteiger partial charge in [-0.05, 0) is 35.9 Å². The van der Waals surface area contributed by atoms with Gasteiger partial charge in [0.05, 0.1) is 0 Å². The summed E-state index contributed by atoms with van der Waals surface area (Å²) in [4.78, 5) is 0. The van der Waals surface area contributed by atoms with Crippen LogP contribution in [-0.4, -0.2) is 5.11 Å². The third kappa shape index (κ3) is 3.36. The molecule has 0 saturated heterocycles. The van der Waals surface area contributed by atoms with Gasteiger partial charge in [0.25, 0.3) is 0 Å². The summed E-state index contributed by atoms with van der Waals surface area (Å²) in [6.45, 7) is 0.542. The van der Waals surface area contributed by atoms with Crippen LogP contribution < -0.4 is 5.32 Å². The number of hydrogen-bond acceptors (Lipinski definition) is 2. The summed E-state index contributed by atoms with van der Waals surface area (Å²) >= 11 is 5.74. The van der Waals surface area contributed by atoms with E-state index in [1.165, 1.54) is 12.1 Å². The minimum atomic E-state index is -0.370. The summed E-state index contributed by atoms with van der Waals surface area (Å²) < 4.78 is 13.0. The molecule has 0 spiro atoms. The molecule has 88 valence electrons. The van der Waals surface area contributed by atoms with E-state index in [2.05, 4.69) is 5.32 Å². The summed E-state index contributed by atoms with van der Waals surface area (Å²) in [6, 6.07) is 11.1. The van der Waals surface area contributed by atoms with E-state index in [4.69, 9.17) is 16.7 Å². The minimum Gasteiger partial charge on any atom is -0.508 e. The van der Waals surface area contributed by atoms with E-state index in [9.17, 15) is 4.39 Å². The van der Waals surface area contributed by atoms with Crippen molar-refractivity contribution in [2.75, 3.05) is 5.32 Å². The van der Waals surface area contributed by atoms with Gasteiger partial charge < -0.3 is 10.4 Å². The fourth-order valence-electron chi connectivity index (χ4n) is 1.47. The largest absolute Gasteiger partial charge is 0.508 e. The van der Waals surface area contributed by atoms with Crippen molar-refractivity contribution in [3.63, 3.8) is 0 Å². The fraction of sp³-hybridized carbons (Fsp3) is 0.0769. The maximum atomic E-state index is 13.0. The average molecular weight is 252 g/mol. The first kappa shape index (κ1) is 11.7. The van der Waals surface area contributed by atoms with E-state index in [0.717, 1.165) is 5.56 Å². The second-order valence-electron chi connectivity index (χ2n) is 3.68. The molecular formula is C13H11ClFNO. The van der Waals surface area contributed by atoms with Crippen molar-refractivity contribution in [1.82, 2.24) is 0 Å². The monoisotopic (exact) mass is 251 g/mol. The summed E-state index contributed by atoms with van der Waals surface area (Å²) in [5, 5.41) is 12.5. The minimum absolute atomic E-state index is 0.225.